The molecule has 3 nitrogen and oxygen atoms in total. The second kappa shape index (κ2) is 4.41. The van der Waals surface area contributed by atoms with Crippen LogP contribution in [0.2, 0.25) is 0 Å². The summed E-state index contributed by atoms with van der Waals surface area (Å²) >= 11 is 0. The van der Waals surface area contributed by atoms with Gasteiger partial charge in [0.15, 0.2) is 0 Å². The molecule has 0 aliphatic heterocycles. The van der Waals surface area contributed by atoms with Gasteiger partial charge < -0.3 is 11.5 Å². The molecule has 3 heteroatoms. The van der Waals surface area contributed by atoms with Gasteiger partial charge in [0.25, 0.3) is 0 Å². The summed E-state index contributed by atoms with van der Waals surface area (Å²) in [6, 6.07) is 0. The molecular weight excluding hydrogens is 128 g/mol. The highest BCUT2D eigenvalue weighted by atomic mass is 16.1. The van der Waals surface area contributed by atoms with E-state index in [1.807, 2.05) is 13.8 Å². The predicted molar refractivity (Wildman–Crippen MR) is 41.4 cm³/mol. The van der Waals surface area contributed by atoms with Crippen molar-refractivity contribution in [1.29, 1.82) is 0 Å². The van der Waals surface area contributed by atoms with Gasteiger partial charge in [0.05, 0.1) is 0 Å². The number of hydrogen-bond acceptors (Lipinski definition) is 3. The number of carbonyl (C=O) groups excluding carboxylic acids is 1. The van der Waals surface area contributed by atoms with E-state index in [2.05, 4.69) is 0 Å². The van der Waals surface area contributed by atoms with Gasteiger partial charge >= 0.3 is 0 Å². The summed E-state index contributed by atoms with van der Waals surface area (Å²) in [6.45, 7) is 4.50. The van der Waals surface area contributed by atoms with Crippen molar-refractivity contribution in [2.45, 2.75) is 13.8 Å². The second-order valence-corrected chi connectivity index (χ2v) is 2.68. The van der Waals surface area contributed by atoms with E-state index in [0.29, 0.717) is 13.1 Å². The third-order valence-electron chi connectivity index (χ3n) is 1.68. The molecule has 0 fully saturated rings. The lowest BCUT2D eigenvalue weighted by Gasteiger charge is -2.11. The first kappa shape index (κ1) is 9.59. The van der Waals surface area contributed by atoms with Gasteiger partial charge in [0.1, 0.15) is 5.78 Å². The number of carbonyl (C=O) groups is 1. The molecule has 0 aliphatic rings. The zero-order valence-electron chi connectivity index (χ0n) is 6.63. The van der Waals surface area contributed by atoms with Crippen LogP contribution in [0.15, 0.2) is 0 Å². The Bertz CT molecular complexity index is 102. The summed E-state index contributed by atoms with van der Waals surface area (Å²) in [6.07, 6.45) is 0. The van der Waals surface area contributed by atoms with Gasteiger partial charge in [-0.15, -0.1) is 0 Å². The molecular formula is C7H16N2O. The van der Waals surface area contributed by atoms with E-state index in [9.17, 15) is 4.79 Å². The van der Waals surface area contributed by atoms with Gasteiger partial charge in [-0.1, -0.05) is 13.8 Å². The van der Waals surface area contributed by atoms with Crippen LogP contribution in [0.3, 0.4) is 0 Å². The van der Waals surface area contributed by atoms with Crippen LogP contribution in [0.4, 0.5) is 0 Å². The summed E-state index contributed by atoms with van der Waals surface area (Å²) < 4.78 is 0. The molecule has 0 spiro atoms. The van der Waals surface area contributed by atoms with Crippen molar-refractivity contribution in [1.82, 2.24) is 0 Å². The van der Waals surface area contributed by atoms with Crippen molar-refractivity contribution in [3.05, 3.63) is 0 Å². The number of ketones is 1. The first-order chi connectivity index (χ1) is 4.63. The SMILES string of the molecule is CC(CN)C(=O)C(C)CN. The summed E-state index contributed by atoms with van der Waals surface area (Å²) in [5, 5.41) is 0. The second-order valence-electron chi connectivity index (χ2n) is 2.68. The smallest absolute Gasteiger partial charge is 0.141 e. The Hall–Kier alpha value is -0.410. The predicted octanol–water partition coefficient (Wildman–Crippen LogP) is -0.255. The Morgan fingerprint density at radius 3 is 1.70 bits per heavy atom. The van der Waals surface area contributed by atoms with Gasteiger partial charge in [0.2, 0.25) is 0 Å². The summed E-state index contributed by atoms with van der Waals surface area (Å²) in [7, 11) is 0. The molecule has 0 amide bonds. The standard InChI is InChI=1S/C7H16N2O/c1-5(3-8)7(10)6(2)4-9/h5-6H,3-4,8-9H2,1-2H3. The van der Waals surface area contributed by atoms with Crippen molar-refractivity contribution in [2.75, 3.05) is 13.1 Å². The fraction of sp³-hybridized carbons (Fsp3) is 0.857. The average molecular weight is 144 g/mol. The molecule has 4 N–H and O–H groups in total. The molecule has 0 bridgehead atoms. The van der Waals surface area contributed by atoms with Crippen molar-refractivity contribution in [2.24, 2.45) is 23.3 Å². The molecule has 0 radical (unpaired) electrons. The first-order valence-corrected chi connectivity index (χ1v) is 3.57. The number of hydrogen-bond donors (Lipinski definition) is 2. The lowest BCUT2D eigenvalue weighted by molar-refractivity contribution is -0.125. The summed E-state index contributed by atoms with van der Waals surface area (Å²) in [5.74, 6) is 0.0853. The zero-order chi connectivity index (χ0) is 8.15. The highest BCUT2D eigenvalue weighted by Gasteiger charge is 2.16. The van der Waals surface area contributed by atoms with Crippen LogP contribution >= 0.6 is 0 Å². The first-order valence-electron chi connectivity index (χ1n) is 3.57. The summed E-state index contributed by atoms with van der Waals surface area (Å²) in [4.78, 5) is 11.1. The Morgan fingerprint density at radius 2 is 1.50 bits per heavy atom. The van der Waals surface area contributed by atoms with E-state index in [1.54, 1.807) is 0 Å². The minimum Gasteiger partial charge on any atom is -0.330 e. The Balaban J connectivity index is 3.82. The molecule has 2 unspecified atom stereocenters. The molecule has 60 valence electrons. The molecule has 10 heavy (non-hydrogen) atoms. The van der Waals surface area contributed by atoms with Crippen LogP contribution in [-0.2, 0) is 4.79 Å². The average Bonchev–Trinajstić information content (AvgIpc) is 2.00. The number of Topliss-reactive ketones (excluding diaryl/α,β-unsaturated/α-hetero) is 1. The third kappa shape index (κ3) is 2.45. The Kier molecular flexibility index (Phi) is 4.23. The van der Waals surface area contributed by atoms with Crippen LogP contribution in [0.25, 0.3) is 0 Å². The van der Waals surface area contributed by atoms with Crippen LogP contribution in [0.1, 0.15) is 13.8 Å². The maximum Gasteiger partial charge on any atom is 0.141 e. The molecule has 0 aromatic carbocycles. The molecule has 0 aromatic rings. The minimum absolute atomic E-state index is 0.0430. The lowest BCUT2D eigenvalue weighted by Crippen LogP contribution is -2.29. The summed E-state index contributed by atoms with van der Waals surface area (Å²) in [5.41, 5.74) is 10.6. The minimum atomic E-state index is -0.0430. The fourth-order valence-corrected chi connectivity index (χ4v) is 0.718. The van der Waals surface area contributed by atoms with Gasteiger partial charge in [-0.2, -0.15) is 0 Å². The van der Waals surface area contributed by atoms with Gasteiger partial charge in [0, 0.05) is 24.9 Å². The van der Waals surface area contributed by atoms with Crippen LogP contribution in [-0.4, -0.2) is 18.9 Å². The van der Waals surface area contributed by atoms with Crippen molar-refractivity contribution >= 4 is 5.78 Å². The lowest BCUT2D eigenvalue weighted by atomic mass is 9.96. The molecule has 2 atom stereocenters. The van der Waals surface area contributed by atoms with E-state index in [4.69, 9.17) is 11.5 Å². The Morgan fingerprint density at radius 1 is 1.20 bits per heavy atom. The van der Waals surface area contributed by atoms with Crippen LogP contribution in [0, 0.1) is 11.8 Å². The highest BCUT2D eigenvalue weighted by molar-refractivity contribution is 5.83. The zero-order valence-corrected chi connectivity index (χ0v) is 6.63. The van der Waals surface area contributed by atoms with E-state index in [1.165, 1.54) is 0 Å². The molecule has 0 saturated carbocycles. The normalized spacial score (nSPS) is 16.4. The van der Waals surface area contributed by atoms with Gasteiger partial charge in [-0.05, 0) is 0 Å². The van der Waals surface area contributed by atoms with E-state index in [-0.39, 0.29) is 17.6 Å². The van der Waals surface area contributed by atoms with E-state index in [0.717, 1.165) is 0 Å². The topological polar surface area (TPSA) is 69.1 Å². The van der Waals surface area contributed by atoms with E-state index >= 15 is 0 Å². The quantitative estimate of drug-likeness (QED) is 0.571. The van der Waals surface area contributed by atoms with Gasteiger partial charge in [-0.3, -0.25) is 4.79 Å². The van der Waals surface area contributed by atoms with Crippen molar-refractivity contribution in [3.63, 3.8) is 0 Å². The molecule has 0 aliphatic carbocycles. The van der Waals surface area contributed by atoms with Crippen LogP contribution < -0.4 is 11.5 Å². The third-order valence-corrected chi connectivity index (χ3v) is 1.68. The highest BCUT2D eigenvalue weighted by Crippen LogP contribution is 2.03. The van der Waals surface area contributed by atoms with E-state index < -0.39 is 0 Å². The van der Waals surface area contributed by atoms with Crippen molar-refractivity contribution < 1.29 is 4.79 Å². The molecule has 0 heterocycles. The molecule has 0 rings (SSSR count). The maximum atomic E-state index is 11.1. The van der Waals surface area contributed by atoms with Gasteiger partial charge in [-0.25, -0.2) is 0 Å². The number of nitrogens with two attached hydrogens (primary N) is 2. The van der Waals surface area contributed by atoms with Crippen LogP contribution in [0.5, 0.6) is 0 Å². The largest absolute Gasteiger partial charge is 0.330 e. The molecule has 0 aromatic heterocycles. The fourth-order valence-electron chi connectivity index (χ4n) is 0.718. The monoisotopic (exact) mass is 144 g/mol. The molecule has 0 saturated heterocycles. The number of rotatable bonds is 4. The maximum absolute atomic E-state index is 11.1. The Labute approximate surface area is 61.8 Å². The van der Waals surface area contributed by atoms with Crippen molar-refractivity contribution in [3.8, 4) is 0 Å².